The molecule has 4 nitrogen and oxygen atoms in total. The summed E-state index contributed by atoms with van der Waals surface area (Å²) in [6.07, 6.45) is -4.04. The summed E-state index contributed by atoms with van der Waals surface area (Å²) in [4.78, 5) is 11.4. The molecule has 1 rings (SSSR count). The summed E-state index contributed by atoms with van der Waals surface area (Å²) in [6.45, 7) is 0.205. The minimum absolute atomic E-state index is 0.0706. The zero-order chi connectivity index (χ0) is 15.9. The molecule has 118 valence electrons. The highest BCUT2D eigenvalue weighted by Gasteiger charge is 2.27. The maximum atomic E-state index is 11.8. The van der Waals surface area contributed by atoms with Crippen LogP contribution in [0.4, 0.5) is 13.2 Å². The maximum absolute atomic E-state index is 11.8. The second-order valence-corrected chi connectivity index (χ2v) is 4.29. The maximum Gasteiger partial charge on any atom is 0.411 e. The van der Waals surface area contributed by atoms with Gasteiger partial charge in [0.25, 0.3) is 0 Å². The van der Waals surface area contributed by atoms with E-state index in [0.717, 1.165) is 0 Å². The van der Waals surface area contributed by atoms with Crippen molar-refractivity contribution in [2.45, 2.75) is 19.5 Å². The van der Waals surface area contributed by atoms with Gasteiger partial charge in [-0.2, -0.15) is 13.2 Å². The van der Waals surface area contributed by atoms with Gasteiger partial charge in [-0.1, -0.05) is 0 Å². The molecular weight excluding hydrogens is 289 g/mol. The number of ether oxygens (including phenoxy) is 3. The number of halogens is 3. The summed E-state index contributed by atoms with van der Waals surface area (Å²) in [6, 6.07) is 4.78. The summed E-state index contributed by atoms with van der Waals surface area (Å²) < 4.78 is 50.4. The van der Waals surface area contributed by atoms with Crippen LogP contribution in [0.3, 0.4) is 0 Å². The van der Waals surface area contributed by atoms with Crippen LogP contribution in [-0.4, -0.2) is 38.9 Å². The third kappa shape index (κ3) is 6.48. The van der Waals surface area contributed by atoms with Crippen LogP contribution in [0.2, 0.25) is 0 Å². The lowest BCUT2D eigenvalue weighted by molar-refractivity contribution is -0.174. The van der Waals surface area contributed by atoms with Crippen molar-refractivity contribution >= 4 is 5.78 Å². The molecule has 1 aromatic rings. The van der Waals surface area contributed by atoms with Crippen molar-refractivity contribution in [1.82, 2.24) is 0 Å². The molecule has 0 spiro atoms. The van der Waals surface area contributed by atoms with Gasteiger partial charge >= 0.3 is 6.18 Å². The zero-order valence-electron chi connectivity index (χ0n) is 11.8. The average molecular weight is 306 g/mol. The number of hydrogen-bond donors (Lipinski definition) is 0. The second kappa shape index (κ2) is 7.87. The van der Waals surface area contributed by atoms with Gasteiger partial charge in [0.05, 0.1) is 25.9 Å². The Bertz CT molecular complexity index is 472. The van der Waals surface area contributed by atoms with Crippen molar-refractivity contribution in [3.63, 3.8) is 0 Å². The number of rotatable bonds is 8. The van der Waals surface area contributed by atoms with E-state index < -0.39 is 12.8 Å². The molecule has 0 saturated heterocycles. The van der Waals surface area contributed by atoms with Crippen LogP contribution >= 0.6 is 0 Å². The minimum Gasteiger partial charge on any atom is -0.497 e. The summed E-state index contributed by atoms with van der Waals surface area (Å²) in [5, 5.41) is 0. The summed E-state index contributed by atoms with van der Waals surface area (Å²) in [7, 11) is 1.48. The van der Waals surface area contributed by atoms with Gasteiger partial charge in [-0.05, 0) is 19.1 Å². The van der Waals surface area contributed by atoms with Gasteiger partial charge in [-0.15, -0.1) is 0 Å². The number of Topliss-reactive ketones (excluding diaryl/α,β-unsaturated/α-hetero) is 1. The molecule has 0 aliphatic heterocycles. The second-order valence-electron chi connectivity index (χ2n) is 4.29. The molecule has 0 atom stereocenters. The monoisotopic (exact) mass is 306 g/mol. The van der Waals surface area contributed by atoms with E-state index in [1.165, 1.54) is 14.0 Å². The standard InChI is InChI=1S/C14H17F3O4/c1-10(18)12-5-4-11(19-2)8-13(12)21-7-3-6-20-9-14(15,16)17/h4-5,8H,3,6-7,9H2,1-2H3. The van der Waals surface area contributed by atoms with Crippen molar-refractivity contribution in [3.8, 4) is 11.5 Å². The van der Waals surface area contributed by atoms with E-state index in [4.69, 9.17) is 9.47 Å². The number of carbonyl (C=O) groups is 1. The molecule has 0 fully saturated rings. The lowest BCUT2D eigenvalue weighted by Crippen LogP contribution is -2.18. The Kier molecular flexibility index (Phi) is 6.48. The summed E-state index contributed by atoms with van der Waals surface area (Å²) in [5.74, 6) is 0.710. The molecule has 0 amide bonds. The topological polar surface area (TPSA) is 44.8 Å². The molecule has 0 radical (unpaired) electrons. The first-order valence-corrected chi connectivity index (χ1v) is 6.30. The molecule has 0 N–H and O–H groups in total. The first-order valence-electron chi connectivity index (χ1n) is 6.30. The van der Waals surface area contributed by atoms with E-state index in [1.54, 1.807) is 18.2 Å². The molecule has 0 heterocycles. The fourth-order valence-electron chi connectivity index (χ4n) is 1.57. The fraction of sp³-hybridized carbons (Fsp3) is 0.500. The predicted molar refractivity (Wildman–Crippen MR) is 70.0 cm³/mol. The van der Waals surface area contributed by atoms with E-state index in [9.17, 15) is 18.0 Å². The van der Waals surface area contributed by atoms with Gasteiger partial charge in [0.15, 0.2) is 5.78 Å². The van der Waals surface area contributed by atoms with Gasteiger partial charge in [0.1, 0.15) is 18.1 Å². The largest absolute Gasteiger partial charge is 0.497 e. The Hall–Kier alpha value is -1.76. The zero-order valence-corrected chi connectivity index (χ0v) is 11.8. The van der Waals surface area contributed by atoms with Crippen molar-refractivity contribution in [1.29, 1.82) is 0 Å². The Morgan fingerprint density at radius 3 is 2.52 bits per heavy atom. The van der Waals surface area contributed by atoms with E-state index in [1.807, 2.05) is 0 Å². The number of methoxy groups -OCH3 is 1. The highest BCUT2D eigenvalue weighted by molar-refractivity contribution is 5.97. The normalized spacial score (nSPS) is 11.3. The molecule has 21 heavy (non-hydrogen) atoms. The van der Waals surface area contributed by atoms with E-state index in [0.29, 0.717) is 17.1 Å². The smallest absolute Gasteiger partial charge is 0.411 e. The SMILES string of the molecule is COc1ccc(C(C)=O)c(OCCCOCC(F)(F)F)c1. The van der Waals surface area contributed by atoms with Crippen molar-refractivity contribution in [2.24, 2.45) is 0 Å². The van der Waals surface area contributed by atoms with Crippen LogP contribution < -0.4 is 9.47 Å². The summed E-state index contributed by atoms with van der Waals surface area (Å²) in [5.41, 5.74) is 0.395. The van der Waals surface area contributed by atoms with Crippen LogP contribution in [0, 0.1) is 0 Å². The third-order valence-electron chi connectivity index (χ3n) is 2.52. The van der Waals surface area contributed by atoms with E-state index in [-0.39, 0.29) is 25.4 Å². The molecule has 0 bridgehead atoms. The van der Waals surface area contributed by atoms with Crippen LogP contribution in [-0.2, 0) is 4.74 Å². The van der Waals surface area contributed by atoms with Gasteiger partial charge in [0.2, 0.25) is 0 Å². The minimum atomic E-state index is -4.32. The molecule has 0 unspecified atom stereocenters. The number of carbonyl (C=O) groups excluding carboxylic acids is 1. The first kappa shape index (κ1) is 17.3. The molecule has 7 heteroatoms. The van der Waals surface area contributed by atoms with Crippen LogP contribution in [0.25, 0.3) is 0 Å². The molecular formula is C14H17F3O4. The van der Waals surface area contributed by atoms with Crippen LogP contribution in [0.5, 0.6) is 11.5 Å². The lowest BCUT2D eigenvalue weighted by atomic mass is 10.1. The van der Waals surface area contributed by atoms with Crippen molar-refractivity contribution < 1.29 is 32.2 Å². The summed E-state index contributed by atoms with van der Waals surface area (Å²) >= 11 is 0. The van der Waals surface area contributed by atoms with Gasteiger partial charge < -0.3 is 14.2 Å². The Labute approximate surface area is 120 Å². The molecule has 0 saturated carbocycles. The fourth-order valence-corrected chi connectivity index (χ4v) is 1.57. The van der Waals surface area contributed by atoms with Gasteiger partial charge in [-0.3, -0.25) is 4.79 Å². The van der Waals surface area contributed by atoms with E-state index >= 15 is 0 Å². The number of benzene rings is 1. The molecule has 0 aromatic heterocycles. The Balaban J connectivity index is 2.45. The third-order valence-corrected chi connectivity index (χ3v) is 2.52. The molecule has 1 aromatic carbocycles. The Morgan fingerprint density at radius 1 is 1.24 bits per heavy atom. The number of ketones is 1. The van der Waals surface area contributed by atoms with Crippen LogP contribution in [0.15, 0.2) is 18.2 Å². The van der Waals surface area contributed by atoms with Crippen molar-refractivity contribution in [2.75, 3.05) is 26.9 Å². The Morgan fingerprint density at radius 2 is 1.95 bits per heavy atom. The number of alkyl halides is 3. The highest BCUT2D eigenvalue weighted by Crippen LogP contribution is 2.25. The first-order chi connectivity index (χ1) is 9.83. The predicted octanol–water partition coefficient (Wildman–Crippen LogP) is 3.25. The average Bonchev–Trinajstić information content (AvgIpc) is 2.41. The van der Waals surface area contributed by atoms with Gasteiger partial charge in [-0.25, -0.2) is 0 Å². The van der Waals surface area contributed by atoms with E-state index in [2.05, 4.69) is 4.74 Å². The van der Waals surface area contributed by atoms with Gasteiger partial charge in [0, 0.05) is 12.5 Å². The quantitative estimate of drug-likeness (QED) is 0.546. The van der Waals surface area contributed by atoms with Crippen molar-refractivity contribution in [3.05, 3.63) is 23.8 Å². The highest BCUT2D eigenvalue weighted by atomic mass is 19.4. The molecule has 0 aliphatic rings. The van der Waals surface area contributed by atoms with Crippen LogP contribution in [0.1, 0.15) is 23.7 Å². The number of hydrogen-bond acceptors (Lipinski definition) is 4. The lowest BCUT2D eigenvalue weighted by Gasteiger charge is -2.12. The molecule has 0 aliphatic carbocycles.